The molecule has 1 saturated heterocycles. The molecule has 0 atom stereocenters. The minimum Gasteiger partial charge on any atom is -0.336 e. The normalized spacial score (nSPS) is 13.2. The SMILES string of the molecule is CN(CC(=O)Nc1ccc(Cl)c(Cl)c1)C(=O)c1cccc(N2CCNC2=O)c1. The van der Waals surface area contributed by atoms with Crippen LogP contribution in [0.5, 0.6) is 0 Å². The van der Waals surface area contributed by atoms with Crippen LogP contribution < -0.4 is 15.5 Å². The van der Waals surface area contributed by atoms with Crippen molar-refractivity contribution >= 4 is 52.4 Å². The number of carbonyl (C=O) groups excluding carboxylic acids is 3. The molecule has 146 valence electrons. The molecule has 0 spiro atoms. The molecule has 3 rings (SSSR count). The second-order valence-corrected chi connectivity index (χ2v) is 7.09. The van der Waals surface area contributed by atoms with Gasteiger partial charge in [0.25, 0.3) is 5.91 Å². The largest absolute Gasteiger partial charge is 0.336 e. The van der Waals surface area contributed by atoms with Crippen molar-refractivity contribution < 1.29 is 14.4 Å². The van der Waals surface area contributed by atoms with Crippen LogP contribution >= 0.6 is 23.2 Å². The number of amides is 4. The zero-order valence-corrected chi connectivity index (χ0v) is 16.5. The van der Waals surface area contributed by atoms with Crippen LogP contribution in [0.3, 0.4) is 0 Å². The number of urea groups is 1. The van der Waals surface area contributed by atoms with Crippen molar-refractivity contribution in [1.29, 1.82) is 0 Å². The maximum atomic E-state index is 12.7. The first-order valence-corrected chi connectivity index (χ1v) is 9.26. The van der Waals surface area contributed by atoms with Gasteiger partial charge in [-0.3, -0.25) is 14.5 Å². The molecule has 0 aliphatic carbocycles. The fraction of sp³-hybridized carbons (Fsp3) is 0.211. The molecule has 1 heterocycles. The first kappa shape index (κ1) is 20.0. The van der Waals surface area contributed by atoms with E-state index in [1.54, 1.807) is 41.3 Å². The number of halogens is 2. The number of nitrogens with zero attached hydrogens (tertiary/aromatic N) is 2. The van der Waals surface area contributed by atoms with Crippen LogP contribution in [-0.4, -0.2) is 49.4 Å². The van der Waals surface area contributed by atoms with Gasteiger partial charge in [0.2, 0.25) is 5.91 Å². The molecule has 1 aliphatic heterocycles. The molecule has 0 saturated carbocycles. The van der Waals surface area contributed by atoms with Crippen molar-refractivity contribution in [2.75, 3.05) is 36.9 Å². The van der Waals surface area contributed by atoms with E-state index in [2.05, 4.69) is 10.6 Å². The van der Waals surface area contributed by atoms with Crippen molar-refractivity contribution in [3.05, 3.63) is 58.1 Å². The van der Waals surface area contributed by atoms with Gasteiger partial charge in [-0.25, -0.2) is 4.79 Å². The lowest BCUT2D eigenvalue weighted by Crippen LogP contribution is -2.35. The van der Waals surface area contributed by atoms with Gasteiger partial charge < -0.3 is 15.5 Å². The number of hydrogen-bond donors (Lipinski definition) is 2. The van der Waals surface area contributed by atoms with E-state index in [1.165, 1.54) is 18.0 Å². The lowest BCUT2D eigenvalue weighted by atomic mass is 10.1. The monoisotopic (exact) mass is 420 g/mol. The number of anilines is 2. The van der Waals surface area contributed by atoms with Crippen molar-refractivity contribution in [1.82, 2.24) is 10.2 Å². The zero-order chi connectivity index (χ0) is 20.3. The number of likely N-dealkylation sites (N-methyl/N-ethyl adjacent to an activating group) is 1. The number of rotatable bonds is 5. The van der Waals surface area contributed by atoms with Crippen LogP contribution in [0.15, 0.2) is 42.5 Å². The first-order chi connectivity index (χ1) is 13.3. The van der Waals surface area contributed by atoms with Crippen LogP contribution in [0, 0.1) is 0 Å². The summed E-state index contributed by atoms with van der Waals surface area (Å²) in [6.07, 6.45) is 0. The first-order valence-electron chi connectivity index (χ1n) is 8.51. The van der Waals surface area contributed by atoms with Gasteiger partial charge in [0, 0.05) is 37.1 Å². The highest BCUT2D eigenvalue weighted by Gasteiger charge is 2.22. The lowest BCUT2D eigenvalue weighted by Gasteiger charge is -2.19. The number of nitrogens with one attached hydrogen (secondary N) is 2. The Kier molecular flexibility index (Phi) is 6.06. The average Bonchev–Trinajstić information content (AvgIpc) is 3.10. The van der Waals surface area contributed by atoms with Gasteiger partial charge in [0.05, 0.1) is 16.6 Å². The van der Waals surface area contributed by atoms with Crippen molar-refractivity contribution in [2.24, 2.45) is 0 Å². The predicted octanol–water partition coefficient (Wildman–Crippen LogP) is 3.23. The van der Waals surface area contributed by atoms with E-state index in [0.717, 1.165) is 0 Å². The molecule has 28 heavy (non-hydrogen) atoms. The Morgan fingerprint density at radius 1 is 1.18 bits per heavy atom. The summed E-state index contributed by atoms with van der Waals surface area (Å²) in [5, 5.41) is 6.10. The molecule has 0 aromatic heterocycles. The Labute approximate surface area is 172 Å². The third-order valence-corrected chi connectivity index (χ3v) is 4.93. The van der Waals surface area contributed by atoms with Crippen molar-refractivity contribution in [3.8, 4) is 0 Å². The number of benzene rings is 2. The lowest BCUT2D eigenvalue weighted by molar-refractivity contribution is -0.116. The van der Waals surface area contributed by atoms with Gasteiger partial charge in [-0.05, 0) is 36.4 Å². The third-order valence-electron chi connectivity index (χ3n) is 4.19. The van der Waals surface area contributed by atoms with Gasteiger partial charge in [-0.15, -0.1) is 0 Å². The quantitative estimate of drug-likeness (QED) is 0.778. The van der Waals surface area contributed by atoms with E-state index < -0.39 is 0 Å². The summed E-state index contributed by atoms with van der Waals surface area (Å²) in [6, 6.07) is 11.3. The summed E-state index contributed by atoms with van der Waals surface area (Å²) < 4.78 is 0. The van der Waals surface area contributed by atoms with Crippen LogP contribution in [0.4, 0.5) is 16.2 Å². The Hall–Kier alpha value is -2.77. The molecule has 0 radical (unpaired) electrons. The van der Waals surface area contributed by atoms with E-state index in [1.807, 2.05) is 0 Å². The molecule has 2 aromatic rings. The van der Waals surface area contributed by atoms with E-state index >= 15 is 0 Å². The minimum atomic E-state index is -0.371. The highest BCUT2D eigenvalue weighted by Crippen LogP contribution is 2.25. The van der Waals surface area contributed by atoms with E-state index in [4.69, 9.17) is 23.2 Å². The third kappa shape index (κ3) is 4.55. The topological polar surface area (TPSA) is 81.8 Å². The van der Waals surface area contributed by atoms with Gasteiger partial charge in [0.1, 0.15) is 0 Å². The smallest absolute Gasteiger partial charge is 0.321 e. The zero-order valence-electron chi connectivity index (χ0n) is 15.0. The van der Waals surface area contributed by atoms with E-state index in [-0.39, 0.29) is 24.4 Å². The minimum absolute atomic E-state index is 0.145. The van der Waals surface area contributed by atoms with Gasteiger partial charge in [-0.2, -0.15) is 0 Å². The Bertz CT molecular complexity index is 935. The van der Waals surface area contributed by atoms with Crippen LogP contribution in [-0.2, 0) is 4.79 Å². The standard InChI is InChI=1S/C19H18Cl2N4O3/c1-24(11-17(26)23-13-5-6-15(20)16(21)10-13)18(27)12-3-2-4-14(9-12)25-8-7-22-19(25)28/h2-6,9-10H,7-8,11H2,1H3,(H,22,28)(H,23,26). The molecular weight excluding hydrogens is 403 g/mol. The molecule has 4 amide bonds. The van der Waals surface area contributed by atoms with Crippen LogP contribution in [0.1, 0.15) is 10.4 Å². The molecule has 0 unspecified atom stereocenters. The summed E-state index contributed by atoms with van der Waals surface area (Å²) in [6.45, 7) is 0.956. The molecular formula is C19H18Cl2N4O3. The summed E-state index contributed by atoms with van der Waals surface area (Å²) in [5.41, 5.74) is 1.51. The molecule has 9 heteroatoms. The highest BCUT2D eigenvalue weighted by molar-refractivity contribution is 6.42. The fourth-order valence-electron chi connectivity index (χ4n) is 2.81. The Balaban J connectivity index is 1.64. The molecule has 1 aliphatic rings. The molecule has 7 nitrogen and oxygen atoms in total. The molecule has 2 aromatic carbocycles. The summed E-state index contributed by atoms with van der Waals surface area (Å²) in [7, 11) is 1.53. The second kappa shape index (κ2) is 8.50. The van der Waals surface area contributed by atoms with Gasteiger partial charge in [-0.1, -0.05) is 29.3 Å². The maximum Gasteiger partial charge on any atom is 0.321 e. The molecule has 2 N–H and O–H groups in total. The summed E-state index contributed by atoms with van der Waals surface area (Å²) in [5.74, 6) is -0.699. The van der Waals surface area contributed by atoms with Crippen molar-refractivity contribution in [3.63, 3.8) is 0 Å². The number of carbonyl (C=O) groups is 3. The Morgan fingerprint density at radius 2 is 1.96 bits per heavy atom. The molecule has 0 bridgehead atoms. The van der Waals surface area contributed by atoms with Gasteiger partial charge in [0.15, 0.2) is 0 Å². The fourth-order valence-corrected chi connectivity index (χ4v) is 3.10. The summed E-state index contributed by atoms with van der Waals surface area (Å²) >= 11 is 11.8. The van der Waals surface area contributed by atoms with E-state index in [9.17, 15) is 14.4 Å². The maximum absolute atomic E-state index is 12.7. The Morgan fingerprint density at radius 3 is 2.64 bits per heavy atom. The van der Waals surface area contributed by atoms with Gasteiger partial charge >= 0.3 is 6.03 Å². The van der Waals surface area contributed by atoms with Crippen molar-refractivity contribution in [2.45, 2.75) is 0 Å². The van der Waals surface area contributed by atoms with E-state index in [0.29, 0.717) is 40.1 Å². The summed E-state index contributed by atoms with van der Waals surface area (Å²) in [4.78, 5) is 39.6. The average molecular weight is 421 g/mol. The molecule has 1 fully saturated rings. The predicted molar refractivity (Wildman–Crippen MR) is 109 cm³/mol. The number of hydrogen-bond acceptors (Lipinski definition) is 3. The second-order valence-electron chi connectivity index (χ2n) is 6.27. The van der Waals surface area contributed by atoms with Crippen LogP contribution in [0.2, 0.25) is 10.0 Å². The highest BCUT2D eigenvalue weighted by atomic mass is 35.5. The van der Waals surface area contributed by atoms with Crippen LogP contribution in [0.25, 0.3) is 0 Å².